The fraction of sp³-hybridized carbons (Fsp3) is 0.500. The number of nitrogens with zero attached hydrogens (tertiary/aromatic N) is 1. The number of carbonyl (C=O) groups is 1. The van der Waals surface area contributed by atoms with Crippen LogP contribution in [-0.2, 0) is 11.0 Å². The van der Waals surface area contributed by atoms with E-state index in [1.54, 1.807) is 0 Å². The van der Waals surface area contributed by atoms with Gasteiger partial charge in [-0.15, -0.1) is 0 Å². The maximum absolute atomic E-state index is 12.3. The van der Waals surface area contributed by atoms with Gasteiger partial charge in [-0.1, -0.05) is 13.3 Å². The number of pyridine rings is 1. The van der Waals surface area contributed by atoms with Gasteiger partial charge in [-0.25, -0.2) is 4.98 Å². The topological polar surface area (TPSA) is 68.0 Å². The molecular formula is C12H16F3N3O. The molecule has 0 bridgehead atoms. The summed E-state index contributed by atoms with van der Waals surface area (Å²) in [6, 6.07) is 2.01. The van der Waals surface area contributed by atoms with E-state index in [-0.39, 0.29) is 23.9 Å². The second kappa shape index (κ2) is 6.51. The van der Waals surface area contributed by atoms with Crippen molar-refractivity contribution in [2.24, 2.45) is 11.7 Å². The molecule has 1 rings (SSSR count). The van der Waals surface area contributed by atoms with Crippen molar-refractivity contribution in [3.05, 3.63) is 24.0 Å². The van der Waals surface area contributed by atoms with Gasteiger partial charge in [0.2, 0.25) is 5.91 Å². The fourth-order valence-electron chi connectivity index (χ4n) is 1.50. The number of rotatable bonds is 5. The van der Waals surface area contributed by atoms with Crippen LogP contribution in [0.5, 0.6) is 0 Å². The van der Waals surface area contributed by atoms with Gasteiger partial charge in [0, 0.05) is 6.42 Å². The van der Waals surface area contributed by atoms with Gasteiger partial charge in [0.1, 0.15) is 5.69 Å². The number of aromatic nitrogens is 1. The summed E-state index contributed by atoms with van der Waals surface area (Å²) >= 11 is 0. The van der Waals surface area contributed by atoms with E-state index in [0.29, 0.717) is 6.54 Å². The highest BCUT2D eigenvalue weighted by Crippen LogP contribution is 2.27. The number of nitrogens with two attached hydrogens (primary N) is 1. The molecule has 0 fully saturated rings. The summed E-state index contributed by atoms with van der Waals surface area (Å²) in [5.74, 6) is -0.207. The smallest absolute Gasteiger partial charge is 0.330 e. The van der Waals surface area contributed by atoms with Crippen LogP contribution in [0.2, 0.25) is 0 Å². The average Bonchev–Trinajstić information content (AvgIpc) is 2.35. The molecule has 0 aromatic carbocycles. The Labute approximate surface area is 109 Å². The first-order chi connectivity index (χ1) is 8.86. The number of amides is 1. The molecule has 0 saturated heterocycles. The van der Waals surface area contributed by atoms with Gasteiger partial charge in [0.25, 0.3) is 0 Å². The quantitative estimate of drug-likeness (QED) is 0.867. The van der Waals surface area contributed by atoms with Gasteiger partial charge < -0.3 is 11.1 Å². The van der Waals surface area contributed by atoms with Crippen molar-refractivity contribution < 1.29 is 18.0 Å². The second-order valence-corrected chi connectivity index (χ2v) is 4.19. The lowest BCUT2D eigenvalue weighted by Crippen LogP contribution is -2.21. The molecule has 0 radical (unpaired) electrons. The van der Waals surface area contributed by atoms with Crippen molar-refractivity contribution in [2.45, 2.75) is 25.9 Å². The standard InChI is InChI=1S/C12H16F3N3O/c1-2-8(6-16)5-11(19)18-9-3-4-10(17-7-9)12(13,14)15/h3-4,7-8H,2,5-6,16H2,1H3,(H,18,19). The first-order valence-electron chi connectivity index (χ1n) is 5.90. The minimum Gasteiger partial charge on any atom is -0.330 e. The van der Waals surface area contributed by atoms with Gasteiger partial charge in [-0.05, 0) is 24.6 Å². The third-order valence-electron chi connectivity index (χ3n) is 2.72. The maximum Gasteiger partial charge on any atom is 0.433 e. The van der Waals surface area contributed by atoms with Crippen molar-refractivity contribution in [1.29, 1.82) is 0 Å². The highest BCUT2D eigenvalue weighted by Gasteiger charge is 2.32. The Morgan fingerprint density at radius 2 is 2.16 bits per heavy atom. The molecule has 1 aromatic rings. The van der Waals surface area contributed by atoms with E-state index < -0.39 is 11.9 Å². The Kier molecular flexibility index (Phi) is 5.29. The van der Waals surface area contributed by atoms with Crippen molar-refractivity contribution in [2.75, 3.05) is 11.9 Å². The molecule has 1 unspecified atom stereocenters. The molecule has 1 atom stereocenters. The van der Waals surface area contributed by atoms with Crippen molar-refractivity contribution in [3.63, 3.8) is 0 Å². The molecule has 19 heavy (non-hydrogen) atoms. The van der Waals surface area contributed by atoms with E-state index >= 15 is 0 Å². The van der Waals surface area contributed by atoms with Crippen LogP contribution < -0.4 is 11.1 Å². The first-order valence-corrected chi connectivity index (χ1v) is 5.90. The van der Waals surface area contributed by atoms with Crippen LogP contribution in [0.1, 0.15) is 25.5 Å². The first kappa shape index (κ1) is 15.4. The number of alkyl halides is 3. The van der Waals surface area contributed by atoms with Crippen LogP contribution in [0.4, 0.5) is 18.9 Å². The van der Waals surface area contributed by atoms with Gasteiger partial charge >= 0.3 is 6.18 Å². The Morgan fingerprint density at radius 1 is 1.47 bits per heavy atom. The highest BCUT2D eigenvalue weighted by molar-refractivity contribution is 5.90. The summed E-state index contributed by atoms with van der Waals surface area (Å²) in [4.78, 5) is 14.9. The third kappa shape index (κ3) is 4.86. The van der Waals surface area contributed by atoms with Gasteiger partial charge in [-0.2, -0.15) is 13.2 Å². The number of hydrogen-bond donors (Lipinski definition) is 2. The minimum atomic E-state index is -4.48. The van der Waals surface area contributed by atoms with E-state index in [9.17, 15) is 18.0 Å². The Balaban J connectivity index is 2.61. The molecule has 0 aliphatic heterocycles. The molecule has 1 aromatic heterocycles. The fourth-order valence-corrected chi connectivity index (χ4v) is 1.50. The predicted octanol–water partition coefficient (Wildman–Crippen LogP) is 2.41. The summed E-state index contributed by atoms with van der Waals surface area (Å²) in [6.07, 6.45) is -2.47. The molecule has 7 heteroatoms. The molecule has 0 saturated carbocycles. The monoisotopic (exact) mass is 275 g/mol. The van der Waals surface area contributed by atoms with E-state index in [4.69, 9.17) is 5.73 Å². The number of anilines is 1. The molecule has 106 valence electrons. The van der Waals surface area contributed by atoms with Crippen LogP contribution in [-0.4, -0.2) is 17.4 Å². The zero-order valence-electron chi connectivity index (χ0n) is 10.5. The number of carbonyl (C=O) groups excluding carboxylic acids is 1. The lowest BCUT2D eigenvalue weighted by Gasteiger charge is -2.12. The Bertz CT molecular complexity index is 413. The van der Waals surface area contributed by atoms with E-state index in [2.05, 4.69) is 10.3 Å². The average molecular weight is 275 g/mol. The summed E-state index contributed by atoms with van der Waals surface area (Å²) in [6.45, 7) is 2.32. The van der Waals surface area contributed by atoms with Crippen LogP contribution in [0.15, 0.2) is 18.3 Å². The lowest BCUT2D eigenvalue weighted by atomic mass is 10.0. The molecule has 0 spiro atoms. The maximum atomic E-state index is 12.3. The third-order valence-corrected chi connectivity index (χ3v) is 2.72. The summed E-state index contributed by atoms with van der Waals surface area (Å²) in [7, 11) is 0. The lowest BCUT2D eigenvalue weighted by molar-refractivity contribution is -0.141. The van der Waals surface area contributed by atoms with Crippen LogP contribution in [0.25, 0.3) is 0 Å². The molecule has 4 nitrogen and oxygen atoms in total. The second-order valence-electron chi connectivity index (χ2n) is 4.19. The molecule has 1 heterocycles. The molecular weight excluding hydrogens is 259 g/mol. The number of nitrogens with one attached hydrogen (secondary N) is 1. The zero-order valence-corrected chi connectivity index (χ0v) is 10.5. The SMILES string of the molecule is CCC(CN)CC(=O)Nc1ccc(C(F)(F)F)nc1. The van der Waals surface area contributed by atoms with Crippen molar-refractivity contribution in [3.8, 4) is 0 Å². The number of hydrogen-bond acceptors (Lipinski definition) is 3. The van der Waals surface area contributed by atoms with Crippen molar-refractivity contribution >= 4 is 11.6 Å². The van der Waals surface area contributed by atoms with Gasteiger partial charge in [-0.3, -0.25) is 4.79 Å². The highest BCUT2D eigenvalue weighted by atomic mass is 19.4. The molecule has 0 aliphatic rings. The van der Waals surface area contributed by atoms with Crippen LogP contribution in [0.3, 0.4) is 0 Å². The summed E-state index contributed by atoms with van der Waals surface area (Å²) in [5, 5.41) is 2.50. The van der Waals surface area contributed by atoms with Crippen LogP contribution >= 0.6 is 0 Å². The molecule has 1 amide bonds. The minimum absolute atomic E-state index is 0.0717. The van der Waals surface area contributed by atoms with Crippen molar-refractivity contribution in [1.82, 2.24) is 4.98 Å². The predicted molar refractivity (Wildman–Crippen MR) is 65.3 cm³/mol. The van der Waals surface area contributed by atoms with Gasteiger partial charge in [0.15, 0.2) is 0 Å². The Morgan fingerprint density at radius 3 is 2.58 bits per heavy atom. The molecule has 0 aliphatic carbocycles. The summed E-state index contributed by atoms with van der Waals surface area (Å²) in [5.41, 5.74) is 4.73. The number of halogens is 3. The Hall–Kier alpha value is -1.63. The largest absolute Gasteiger partial charge is 0.433 e. The normalized spacial score (nSPS) is 13.1. The summed E-state index contributed by atoms with van der Waals surface area (Å²) < 4.78 is 36.8. The van der Waals surface area contributed by atoms with E-state index in [0.717, 1.165) is 18.7 Å². The van der Waals surface area contributed by atoms with Gasteiger partial charge in [0.05, 0.1) is 11.9 Å². The van der Waals surface area contributed by atoms with E-state index in [1.807, 2.05) is 6.92 Å². The van der Waals surface area contributed by atoms with Crippen LogP contribution in [0, 0.1) is 5.92 Å². The zero-order chi connectivity index (χ0) is 14.5. The van der Waals surface area contributed by atoms with E-state index in [1.165, 1.54) is 6.07 Å². The molecule has 3 N–H and O–H groups in total.